The topological polar surface area (TPSA) is 58.6 Å². The van der Waals surface area contributed by atoms with Gasteiger partial charge in [0.15, 0.2) is 0 Å². The molecule has 2 amide bonds. The fourth-order valence-electron chi connectivity index (χ4n) is 2.20. The van der Waals surface area contributed by atoms with Gasteiger partial charge in [0.1, 0.15) is 11.8 Å². The highest BCUT2D eigenvalue weighted by atomic mass is 32.2. The summed E-state index contributed by atoms with van der Waals surface area (Å²) in [5, 5.41) is 2.77. The van der Waals surface area contributed by atoms with Crippen LogP contribution < -0.4 is 10.1 Å². The van der Waals surface area contributed by atoms with Gasteiger partial charge < -0.3 is 15.0 Å². The third-order valence-electron chi connectivity index (χ3n) is 3.42. The Morgan fingerprint density at radius 2 is 2.09 bits per heavy atom. The summed E-state index contributed by atoms with van der Waals surface area (Å²) < 4.78 is 28.4. The van der Waals surface area contributed by atoms with Crippen molar-refractivity contribution in [3.63, 3.8) is 0 Å². The van der Waals surface area contributed by atoms with E-state index in [-0.39, 0.29) is 24.1 Å². The number of alkyl halides is 2. The SMILES string of the molecule is CCC(=O)N1CSCC1C(=O)NCc1ccc(OC(F)F)cc1. The number of carbonyl (C=O) groups excluding carboxylic acids is 2. The number of ether oxygens (including phenoxy) is 1. The van der Waals surface area contributed by atoms with E-state index in [4.69, 9.17) is 0 Å². The van der Waals surface area contributed by atoms with E-state index in [1.165, 1.54) is 12.1 Å². The Kier molecular flexibility index (Phi) is 6.20. The standard InChI is InChI=1S/C15H18F2N2O3S/c1-2-13(20)19-9-23-8-12(19)14(21)18-7-10-3-5-11(6-4-10)22-15(16)17/h3-6,12,15H,2,7-9H2,1H3,(H,18,21). The molecule has 1 aliphatic rings. The normalized spacial score (nSPS) is 17.4. The summed E-state index contributed by atoms with van der Waals surface area (Å²) in [6.45, 7) is -0.825. The van der Waals surface area contributed by atoms with Crippen molar-refractivity contribution < 1.29 is 23.1 Å². The first kappa shape index (κ1) is 17.5. The maximum Gasteiger partial charge on any atom is 0.387 e. The van der Waals surface area contributed by atoms with E-state index in [2.05, 4.69) is 10.1 Å². The van der Waals surface area contributed by atoms with Gasteiger partial charge in [-0.25, -0.2) is 0 Å². The second-order valence-corrected chi connectivity index (χ2v) is 5.97. The van der Waals surface area contributed by atoms with Crippen LogP contribution >= 0.6 is 11.8 Å². The molecule has 1 N–H and O–H groups in total. The van der Waals surface area contributed by atoms with Gasteiger partial charge in [-0.1, -0.05) is 19.1 Å². The molecule has 0 saturated carbocycles. The van der Waals surface area contributed by atoms with Gasteiger partial charge >= 0.3 is 6.61 Å². The van der Waals surface area contributed by atoms with Gasteiger partial charge in [-0.15, -0.1) is 11.8 Å². The molecule has 1 aliphatic heterocycles. The van der Waals surface area contributed by atoms with Crippen LogP contribution in [0.1, 0.15) is 18.9 Å². The Morgan fingerprint density at radius 3 is 2.70 bits per heavy atom. The fourth-order valence-corrected chi connectivity index (χ4v) is 3.39. The summed E-state index contributed by atoms with van der Waals surface area (Å²) in [5.74, 6) is 0.943. The molecule has 2 rings (SSSR count). The summed E-state index contributed by atoms with van der Waals surface area (Å²) in [5.41, 5.74) is 0.763. The Labute approximate surface area is 137 Å². The zero-order valence-electron chi connectivity index (χ0n) is 12.6. The van der Waals surface area contributed by atoms with Crippen molar-refractivity contribution in [3.05, 3.63) is 29.8 Å². The summed E-state index contributed by atoms with van der Waals surface area (Å²) in [6.07, 6.45) is 0.371. The summed E-state index contributed by atoms with van der Waals surface area (Å²) >= 11 is 1.55. The predicted molar refractivity (Wildman–Crippen MR) is 83.2 cm³/mol. The van der Waals surface area contributed by atoms with E-state index in [1.54, 1.807) is 35.7 Å². The lowest BCUT2D eigenvalue weighted by Crippen LogP contribution is -2.46. The number of hydrogen-bond acceptors (Lipinski definition) is 4. The van der Waals surface area contributed by atoms with Crippen molar-refractivity contribution in [2.75, 3.05) is 11.6 Å². The molecule has 1 aromatic carbocycles. The smallest absolute Gasteiger partial charge is 0.387 e. The molecular weight excluding hydrogens is 326 g/mol. The molecule has 0 spiro atoms. The van der Waals surface area contributed by atoms with Crippen molar-refractivity contribution in [1.82, 2.24) is 10.2 Å². The van der Waals surface area contributed by atoms with Crippen LogP contribution in [-0.2, 0) is 16.1 Å². The van der Waals surface area contributed by atoms with E-state index < -0.39 is 12.7 Å². The average Bonchev–Trinajstić information content (AvgIpc) is 3.02. The molecule has 1 saturated heterocycles. The molecule has 0 radical (unpaired) electrons. The Bertz CT molecular complexity index is 554. The molecular formula is C15H18F2N2O3S. The van der Waals surface area contributed by atoms with Crippen LogP contribution in [-0.4, -0.2) is 41.0 Å². The van der Waals surface area contributed by atoms with Gasteiger partial charge in [-0.05, 0) is 17.7 Å². The van der Waals surface area contributed by atoms with Gasteiger partial charge in [-0.2, -0.15) is 8.78 Å². The van der Waals surface area contributed by atoms with Gasteiger partial charge in [0.25, 0.3) is 0 Å². The lowest BCUT2D eigenvalue weighted by molar-refractivity contribution is -0.137. The van der Waals surface area contributed by atoms with Crippen LogP contribution in [0.15, 0.2) is 24.3 Å². The number of benzene rings is 1. The van der Waals surface area contributed by atoms with Crippen LogP contribution in [0.5, 0.6) is 5.75 Å². The minimum Gasteiger partial charge on any atom is -0.435 e. The molecule has 5 nitrogen and oxygen atoms in total. The highest BCUT2D eigenvalue weighted by molar-refractivity contribution is 7.99. The van der Waals surface area contributed by atoms with Crippen molar-refractivity contribution in [1.29, 1.82) is 0 Å². The van der Waals surface area contributed by atoms with Gasteiger partial charge in [0, 0.05) is 18.7 Å². The number of halogens is 2. The second-order valence-electron chi connectivity index (χ2n) is 4.97. The summed E-state index contributed by atoms with van der Waals surface area (Å²) in [7, 11) is 0. The van der Waals surface area contributed by atoms with Crippen LogP contribution in [0.4, 0.5) is 8.78 Å². The molecule has 126 valence electrons. The summed E-state index contributed by atoms with van der Waals surface area (Å²) in [4.78, 5) is 25.6. The van der Waals surface area contributed by atoms with Gasteiger partial charge in [0.05, 0.1) is 5.88 Å². The van der Waals surface area contributed by atoms with Crippen LogP contribution in [0, 0.1) is 0 Å². The lowest BCUT2D eigenvalue weighted by atomic mass is 10.2. The molecule has 23 heavy (non-hydrogen) atoms. The Morgan fingerprint density at radius 1 is 1.39 bits per heavy atom. The number of nitrogens with zero attached hydrogens (tertiary/aromatic N) is 1. The minimum absolute atomic E-state index is 0.0383. The largest absolute Gasteiger partial charge is 0.435 e. The first-order chi connectivity index (χ1) is 11.0. The number of carbonyl (C=O) groups is 2. The molecule has 1 aromatic rings. The van der Waals surface area contributed by atoms with E-state index in [0.29, 0.717) is 18.1 Å². The van der Waals surface area contributed by atoms with Crippen molar-refractivity contribution in [2.24, 2.45) is 0 Å². The summed E-state index contributed by atoms with van der Waals surface area (Å²) in [6, 6.07) is 5.61. The van der Waals surface area contributed by atoms with Crippen LogP contribution in [0.3, 0.4) is 0 Å². The van der Waals surface area contributed by atoms with Crippen molar-refractivity contribution in [2.45, 2.75) is 32.5 Å². The molecule has 1 heterocycles. The number of thioether (sulfide) groups is 1. The maximum absolute atomic E-state index is 12.2. The van der Waals surface area contributed by atoms with E-state index in [0.717, 1.165) is 5.56 Å². The number of amides is 2. The van der Waals surface area contributed by atoms with E-state index in [9.17, 15) is 18.4 Å². The zero-order chi connectivity index (χ0) is 16.8. The first-order valence-corrected chi connectivity index (χ1v) is 8.35. The monoisotopic (exact) mass is 344 g/mol. The number of nitrogens with one attached hydrogen (secondary N) is 1. The zero-order valence-corrected chi connectivity index (χ0v) is 13.4. The lowest BCUT2D eigenvalue weighted by Gasteiger charge is -2.22. The fraction of sp³-hybridized carbons (Fsp3) is 0.467. The van der Waals surface area contributed by atoms with Crippen molar-refractivity contribution in [3.8, 4) is 5.75 Å². The third kappa shape index (κ3) is 4.82. The van der Waals surface area contributed by atoms with E-state index in [1.807, 2.05) is 0 Å². The third-order valence-corrected chi connectivity index (χ3v) is 4.44. The Balaban J connectivity index is 1.87. The van der Waals surface area contributed by atoms with Crippen LogP contribution in [0.2, 0.25) is 0 Å². The number of hydrogen-bond donors (Lipinski definition) is 1. The second kappa shape index (κ2) is 8.14. The Hall–Kier alpha value is -1.83. The first-order valence-electron chi connectivity index (χ1n) is 7.20. The molecule has 1 unspecified atom stereocenters. The van der Waals surface area contributed by atoms with E-state index >= 15 is 0 Å². The minimum atomic E-state index is -2.86. The molecule has 0 aromatic heterocycles. The molecule has 0 bridgehead atoms. The molecule has 8 heteroatoms. The predicted octanol–water partition coefficient (Wildman–Crippen LogP) is 2.22. The quantitative estimate of drug-likeness (QED) is 0.860. The average molecular weight is 344 g/mol. The molecule has 1 atom stereocenters. The maximum atomic E-state index is 12.2. The molecule has 1 fully saturated rings. The molecule has 0 aliphatic carbocycles. The van der Waals surface area contributed by atoms with Gasteiger partial charge in [-0.3, -0.25) is 9.59 Å². The highest BCUT2D eigenvalue weighted by Crippen LogP contribution is 2.22. The van der Waals surface area contributed by atoms with Crippen LogP contribution in [0.25, 0.3) is 0 Å². The number of rotatable bonds is 6. The van der Waals surface area contributed by atoms with Gasteiger partial charge in [0.2, 0.25) is 11.8 Å². The van der Waals surface area contributed by atoms with Crippen molar-refractivity contribution >= 4 is 23.6 Å². The highest BCUT2D eigenvalue weighted by Gasteiger charge is 2.33.